The van der Waals surface area contributed by atoms with E-state index in [-0.39, 0.29) is 22.6 Å². The Balaban J connectivity index is 2.54. The molecule has 0 aliphatic carbocycles. The maximum Gasteiger partial charge on any atom is 0.252 e. The predicted octanol–water partition coefficient (Wildman–Crippen LogP) is 4.18. The molecule has 4 nitrogen and oxygen atoms in total. The standard InChI is InChI=1S/C17H14Cl2O4/c1-17(2,11-5-3-9(15(18)22)7-13(11)20)12-6-4-10(16(19)23)8-14(12)21/h3-8,20-21H,1-2H3. The van der Waals surface area contributed by atoms with Gasteiger partial charge in [0.2, 0.25) is 0 Å². The number of carbonyl (C=O) groups excluding carboxylic acids is 2. The van der Waals surface area contributed by atoms with Gasteiger partial charge >= 0.3 is 0 Å². The van der Waals surface area contributed by atoms with Gasteiger partial charge < -0.3 is 10.2 Å². The molecule has 2 aromatic carbocycles. The number of phenols is 2. The first-order valence-corrected chi connectivity index (χ1v) is 7.47. The van der Waals surface area contributed by atoms with E-state index in [1.165, 1.54) is 24.3 Å². The zero-order valence-corrected chi connectivity index (χ0v) is 13.9. The van der Waals surface area contributed by atoms with Gasteiger partial charge in [0, 0.05) is 27.7 Å². The number of rotatable bonds is 4. The minimum absolute atomic E-state index is 0.113. The summed E-state index contributed by atoms with van der Waals surface area (Å²) in [5.74, 6) is -0.225. The molecule has 2 aromatic rings. The van der Waals surface area contributed by atoms with E-state index < -0.39 is 15.9 Å². The van der Waals surface area contributed by atoms with Crippen LogP contribution in [0.3, 0.4) is 0 Å². The van der Waals surface area contributed by atoms with Crippen molar-refractivity contribution in [1.29, 1.82) is 0 Å². The summed E-state index contributed by atoms with van der Waals surface area (Å²) >= 11 is 10.8. The fraction of sp³-hybridized carbons (Fsp3) is 0.176. The van der Waals surface area contributed by atoms with Crippen LogP contribution in [0.25, 0.3) is 0 Å². The van der Waals surface area contributed by atoms with Gasteiger partial charge in [-0.25, -0.2) is 0 Å². The summed E-state index contributed by atoms with van der Waals surface area (Å²) < 4.78 is 0. The Morgan fingerprint density at radius 2 is 1.17 bits per heavy atom. The number of phenolic OH excluding ortho intramolecular Hbond substituents is 2. The molecule has 0 fully saturated rings. The van der Waals surface area contributed by atoms with Gasteiger partial charge in [-0.3, -0.25) is 9.59 Å². The summed E-state index contributed by atoms with van der Waals surface area (Å²) in [6, 6.07) is 8.70. The first-order chi connectivity index (χ1) is 10.6. The number of benzene rings is 2. The van der Waals surface area contributed by atoms with E-state index in [9.17, 15) is 19.8 Å². The Kier molecular flexibility index (Phi) is 4.68. The lowest BCUT2D eigenvalue weighted by Gasteiger charge is -2.28. The van der Waals surface area contributed by atoms with E-state index in [1.54, 1.807) is 26.0 Å². The Hall–Kier alpha value is -2.04. The molecule has 0 atom stereocenters. The van der Waals surface area contributed by atoms with Gasteiger partial charge in [0.1, 0.15) is 11.5 Å². The Morgan fingerprint density at radius 1 is 0.826 bits per heavy atom. The van der Waals surface area contributed by atoms with Crippen LogP contribution in [0.15, 0.2) is 36.4 Å². The van der Waals surface area contributed by atoms with Crippen molar-refractivity contribution in [3.8, 4) is 11.5 Å². The summed E-state index contributed by atoms with van der Waals surface area (Å²) in [7, 11) is 0. The van der Waals surface area contributed by atoms with E-state index in [4.69, 9.17) is 23.2 Å². The molecule has 0 aliphatic heterocycles. The largest absolute Gasteiger partial charge is 0.508 e. The van der Waals surface area contributed by atoms with Gasteiger partial charge in [0.15, 0.2) is 0 Å². The SMILES string of the molecule is CC(C)(c1ccc(C(=O)Cl)cc1O)c1ccc(C(=O)Cl)cc1O. The molecule has 23 heavy (non-hydrogen) atoms. The van der Waals surface area contributed by atoms with Crippen LogP contribution in [0.2, 0.25) is 0 Å². The fourth-order valence-corrected chi connectivity index (χ4v) is 2.75. The molecule has 2 rings (SSSR count). The summed E-state index contributed by atoms with van der Waals surface area (Å²) in [6.45, 7) is 3.59. The highest BCUT2D eigenvalue weighted by molar-refractivity contribution is 6.68. The van der Waals surface area contributed by atoms with Gasteiger partial charge in [-0.15, -0.1) is 0 Å². The second-order valence-electron chi connectivity index (χ2n) is 5.64. The molecule has 0 saturated heterocycles. The van der Waals surface area contributed by atoms with Gasteiger partial charge in [-0.1, -0.05) is 26.0 Å². The summed E-state index contributed by atoms with van der Waals surface area (Å²) in [5.41, 5.74) is 0.571. The minimum atomic E-state index is -0.782. The van der Waals surface area contributed by atoms with Crippen molar-refractivity contribution in [1.82, 2.24) is 0 Å². The number of hydrogen-bond donors (Lipinski definition) is 2. The van der Waals surface area contributed by atoms with E-state index in [0.29, 0.717) is 11.1 Å². The van der Waals surface area contributed by atoms with E-state index in [2.05, 4.69) is 0 Å². The molecule has 0 aromatic heterocycles. The van der Waals surface area contributed by atoms with Crippen LogP contribution in [-0.4, -0.2) is 20.7 Å². The number of hydrogen-bond acceptors (Lipinski definition) is 4. The summed E-state index contributed by atoms with van der Waals surface area (Å²) in [6.07, 6.45) is 0. The Labute approximate surface area is 143 Å². The first-order valence-electron chi connectivity index (χ1n) is 6.71. The monoisotopic (exact) mass is 352 g/mol. The maximum absolute atomic E-state index is 11.2. The molecule has 2 N–H and O–H groups in total. The third-order valence-corrected chi connectivity index (χ3v) is 4.23. The molecule has 0 spiro atoms. The number of halogens is 2. The minimum Gasteiger partial charge on any atom is -0.508 e. The number of carbonyl (C=O) groups is 2. The second kappa shape index (κ2) is 6.22. The lowest BCUT2D eigenvalue weighted by atomic mass is 9.76. The quantitative estimate of drug-likeness (QED) is 0.809. The predicted molar refractivity (Wildman–Crippen MR) is 88.7 cm³/mol. The molecule has 0 radical (unpaired) electrons. The Morgan fingerprint density at radius 3 is 1.43 bits per heavy atom. The normalized spacial score (nSPS) is 11.3. The summed E-state index contributed by atoms with van der Waals surface area (Å²) in [5, 5.41) is 19.1. The third kappa shape index (κ3) is 3.33. The van der Waals surface area contributed by atoms with Crippen LogP contribution in [0, 0.1) is 0 Å². The van der Waals surface area contributed by atoms with Gasteiger partial charge in [-0.2, -0.15) is 0 Å². The van der Waals surface area contributed by atoms with Crippen LogP contribution in [0.4, 0.5) is 0 Å². The van der Waals surface area contributed by atoms with Crippen molar-refractivity contribution < 1.29 is 19.8 Å². The molecule has 120 valence electrons. The van der Waals surface area contributed by atoms with Crippen molar-refractivity contribution in [3.63, 3.8) is 0 Å². The number of aromatic hydroxyl groups is 2. The van der Waals surface area contributed by atoms with Gasteiger partial charge in [-0.05, 0) is 47.5 Å². The second-order valence-corrected chi connectivity index (χ2v) is 6.32. The van der Waals surface area contributed by atoms with Gasteiger partial charge in [0.25, 0.3) is 10.5 Å². The molecule has 0 amide bonds. The highest BCUT2D eigenvalue weighted by Gasteiger charge is 2.29. The van der Waals surface area contributed by atoms with Crippen LogP contribution in [-0.2, 0) is 5.41 Å². The molecular weight excluding hydrogens is 339 g/mol. The lowest BCUT2D eigenvalue weighted by molar-refractivity contribution is 0.107. The molecular formula is C17H14Cl2O4. The average molecular weight is 353 g/mol. The smallest absolute Gasteiger partial charge is 0.252 e. The third-order valence-electron chi connectivity index (χ3n) is 3.80. The Bertz CT molecular complexity index is 732. The van der Waals surface area contributed by atoms with E-state index in [1.807, 2.05) is 0 Å². The van der Waals surface area contributed by atoms with Gasteiger partial charge in [0.05, 0.1) is 0 Å². The van der Waals surface area contributed by atoms with Crippen molar-refractivity contribution >= 4 is 33.7 Å². The van der Waals surface area contributed by atoms with E-state index >= 15 is 0 Å². The lowest BCUT2D eigenvalue weighted by Crippen LogP contribution is -2.19. The molecule has 0 heterocycles. The van der Waals surface area contributed by atoms with Crippen LogP contribution < -0.4 is 0 Å². The van der Waals surface area contributed by atoms with Crippen LogP contribution >= 0.6 is 23.2 Å². The fourth-order valence-electron chi connectivity index (χ4n) is 2.51. The van der Waals surface area contributed by atoms with Crippen LogP contribution in [0.5, 0.6) is 11.5 Å². The molecule has 0 aliphatic rings. The molecule has 0 unspecified atom stereocenters. The highest BCUT2D eigenvalue weighted by atomic mass is 35.5. The first kappa shape index (κ1) is 17.3. The highest BCUT2D eigenvalue weighted by Crippen LogP contribution is 2.41. The van der Waals surface area contributed by atoms with Crippen molar-refractivity contribution in [3.05, 3.63) is 58.7 Å². The zero-order valence-electron chi connectivity index (χ0n) is 12.4. The molecule has 6 heteroatoms. The zero-order chi connectivity index (χ0) is 17.4. The van der Waals surface area contributed by atoms with Crippen molar-refractivity contribution in [2.75, 3.05) is 0 Å². The maximum atomic E-state index is 11.2. The topological polar surface area (TPSA) is 74.6 Å². The van der Waals surface area contributed by atoms with E-state index in [0.717, 1.165) is 0 Å². The average Bonchev–Trinajstić information content (AvgIpc) is 2.46. The van der Waals surface area contributed by atoms with Crippen LogP contribution in [0.1, 0.15) is 45.7 Å². The van der Waals surface area contributed by atoms with Crippen molar-refractivity contribution in [2.24, 2.45) is 0 Å². The summed E-state index contributed by atoms with van der Waals surface area (Å²) in [4.78, 5) is 22.3. The molecule has 0 bridgehead atoms. The molecule has 0 saturated carbocycles. The van der Waals surface area contributed by atoms with Crippen molar-refractivity contribution in [2.45, 2.75) is 19.3 Å².